The monoisotopic (exact) mass is 417 g/mol. The van der Waals surface area contributed by atoms with E-state index in [9.17, 15) is 17.6 Å². The lowest BCUT2D eigenvalue weighted by Gasteiger charge is -2.31. The summed E-state index contributed by atoms with van der Waals surface area (Å²) in [5, 5.41) is 3.04. The van der Waals surface area contributed by atoms with Gasteiger partial charge in [-0.15, -0.1) is 0 Å². The number of nitrogens with one attached hydrogen (secondary N) is 1. The average Bonchev–Trinajstić information content (AvgIpc) is 3.55. The molecule has 2 aromatic rings. The van der Waals surface area contributed by atoms with Crippen LogP contribution in [0.5, 0.6) is 0 Å². The fourth-order valence-corrected chi connectivity index (χ4v) is 5.38. The highest BCUT2D eigenvalue weighted by molar-refractivity contribution is 7.89. The van der Waals surface area contributed by atoms with Crippen molar-refractivity contribution in [2.24, 2.45) is 5.92 Å². The molecule has 1 aliphatic heterocycles. The number of hydrogen-bond donors (Lipinski definition) is 1. The summed E-state index contributed by atoms with van der Waals surface area (Å²) in [6.07, 6.45) is 5.85. The summed E-state index contributed by atoms with van der Waals surface area (Å²) >= 11 is 0. The number of benzene rings is 1. The zero-order valence-corrected chi connectivity index (χ0v) is 16.9. The van der Waals surface area contributed by atoms with Crippen LogP contribution in [0, 0.1) is 11.7 Å². The van der Waals surface area contributed by atoms with E-state index in [0.717, 1.165) is 18.4 Å². The van der Waals surface area contributed by atoms with E-state index in [1.807, 2.05) is 0 Å². The first kappa shape index (κ1) is 20.0. The molecule has 0 spiro atoms. The summed E-state index contributed by atoms with van der Waals surface area (Å²) in [5.41, 5.74) is 0.326. The highest BCUT2D eigenvalue weighted by Crippen LogP contribution is 2.48. The van der Waals surface area contributed by atoms with Crippen molar-refractivity contribution in [3.8, 4) is 0 Å². The summed E-state index contributed by atoms with van der Waals surface area (Å²) in [4.78, 5) is 16.8. The second kappa shape index (κ2) is 7.84. The molecule has 6 nitrogen and oxygen atoms in total. The SMILES string of the molecule is O=C(NCC1CCN(S(=O)(=O)c2cccnc2)CC1)C1(c2ccc(F)cc2)CC1. The summed E-state index contributed by atoms with van der Waals surface area (Å²) < 4.78 is 40.0. The first-order valence-electron chi connectivity index (χ1n) is 9.86. The van der Waals surface area contributed by atoms with E-state index >= 15 is 0 Å². The van der Waals surface area contributed by atoms with E-state index in [4.69, 9.17) is 0 Å². The Kier molecular flexibility index (Phi) is 5.40. The molecule has 0 atom stereocenters. The van der Waals surface area contributed by atoms with Crippen LogP contribution in [0.2, 0.25) is 0 Å². The third-order valence-corrected chi connectivity index (χ3v) is 7.86. The highest BCUT2D eigenvalue weighted by Gasteiger charge is 2.51. The maximum Gasteiger partial charge on any atom is 0.244 e. The molecule has 1 saturated carbocycles. The molecule has 154 valence electrons. The van der Waals surface area contributed by atoms with Gasteiger partial charge in [-0.05, 0) is 61.4 Å². The van der Waals surface area contributed by atoms with Gasteiger partial charge in [0.05, 0.1) is 5.41 Å². The zero-order chi connectivity index (χ0) is 20.5. The van der Waals surface area contributed by atoms with Gasteiger partial charge < -0.3 is 5.32 Å². The fourth-order valence-electron chi connectivity index (χ4n) is 3.95. The largest absolute Gasteiger partial charge is 0.355 e. The molecule has 0 radical (unpaired) electrons. The van der Waals surface area contributed by atoms with E-state index in [2.05, 4.69) is 10.3 Å². The minimum Gasteiger partial charge on any atom is -0.355 e. The number of hydrogen-bond acceptors (Lipinski definition) is 4. The van der Waals surface area contributed by atoms with Crippen LogP contribution in [0.4, 0.5) is 4.39 Å². The molecule has 1 aromatic heterocycles. The molecule has 1 saturated heterocycles. The third kappa shape index (κ3) is 4.04. The minimum absolute atomic E-state index is 0.0190. The fraction of sp³-hybridized carbons (Fsp3) is 0.429. The van der Waals surface area contributed by atoms with Crippen molar-refractivity contribution < 1.29 is 17.6 Å². The molecule has 1 aromatic carbocycles. The van der Waals surface area contributed by atoms with Crippen molar-refractivity contribution >= 4 is 15.9 Å². The number of pyridine rings is 1. The van der Waals surface area contributed by atoms with Gasteiger partial charge in [0, 0.05) is 32.0 Å². The van der Waals surface area contributed by atoms with Gasteiger partial charge in [0.25, 0.3) is 0 Å². The van der Waals surface area contributed by atoms with Crippen LogP contribution in [0.3, 0.4) is 0 Å². The molecular weight excluding hydrogens is 393 g/mol. The van der Waals surface area contributed by atoms with Crippen LogP contribution in [0.15, 0.2) is 53.7 Å². The van der Waals surface area contributed by atoms with Crippen LogP contribution >= 0.6 is 0 Å². The maximum atomic E-state index is 13.2. The van der Waals surface area contributed by atoms with E-state index in [1.54, 1.807) is 30.5 Å². The predicted octanol–water partition coefficient (Wildman–Crippen LogP) is 2.47. The lowest BCUT2D eigenvalue weighted by Crippen LogP contribution is -2.43. The minimum atomic E-state index is -3.52. The number of halogens is 1. The standard InChI is InChI=1S/C21H24FN3O3S/c22-18-5-3-17(4-6-18)21(9-10-21)20(26)24-14-16-7-12-25(13-8-16)29(27,28)19-2-1-11-23-15-19/h1-6,11,15-16H,7-10,12-14H2,(H,24,26). The van der Waals surface area contributed by atoms with E-state index in [0.29, 0.717) is 32.5 Å². The van der Waals surface area contributed by atoms with Gasteiger partial charge in [0.1, 0.15) is 10.7 Å². The number of rotatable bonds is 6. The summed E-state index contributed by atoms with van der Waals surface area (Å²) in [6, 6.07) is 9.32. The van der Waals surface area contributed by atoms with Crippen molar-refractivity contribution in [1.82, 2.24) is 14.6 Å². The van der Waals surface area contributed by atoms with E-state index < -0.39 is 15.4 Å². The van der Waals surface area contributed by atoms with Gasteiger partial charge in [-0.25, -0.2) is 12.8 Å². The Balaban J connectivity index is 1.30. The van der Waals surface area contributed by atoms with Gasteiger partial charge in [-0.1, -0.05) is 12.1 Å². The Morgan fingerprint density at radius 3 is 2.45 bits per heavy atom. The number of piperidine rings is 1. The number of nitrogens with zero attached hydrogens (tertiary/aromatic N) is 2. The predicted molar refractivity (Wildman–Crippen MR) is 106 cm³/mol. The van der Waals surface area contributed by atoms with Crippen molar-refractivity contribution in [1.29, 1.82) is 0 Å². The molecule has 0 unspecified atom stereocenters. The lowest BCUT2D eigenvalue weighted by atomic mass is 9.93. The van der Waals surface area contributed by atoms with Crippen LogP contribution in [-0.2, 0) is 20.2 Å². The normalized spacial score (nSPS) is 19.6. The molecule has 1 N–H and O–H groups in total. The maximum absolute atomic E-state index is 13.2. The van der Waals surface area contributed by atoms with Gasteiger partial charge in [-0.2, -0.15) is 4.31 Å². The molecule has 2 heterocycles. The van der Waals surface area contributed by atoms with Gasteiger partial charge >= 0.3 is 0 Å². The molecule has 0 bridgehead atoms. The van der Waals surface area contributed by atoms with Crippen molar-refractivity contribution in [2.75, 3.05) is 19.6 Å². The zero-order valence-electron chi connectivity index (χ0n) is 16.1. The van der Waals surface area contributed by atoms with E-state index in [-0.39, 0.29) is 22.5 Å². The Hall–Kier alpha value is -2.32. The molecule has 1 aliphatic carbocycles. The van der Waals surface area contributed by atoms with Crippen molar-refractivity contribution in [3.05, 3.63) is 60.2 Å². The summed E-state index contributed by atoms with van der Waals surface area (Å²) in [6.45, 7) is 1.39. The van der Waals surface area contributed by atoms with Gasteiger partial charge in [0.15, 0.2) is 0 Å². The number of carbonyl (C=O) groups excluding carboxylic acids is 1. The summed E-state index contributed by atoms with van der Waals surface area (Å²) in [7, 11) is -3.52. The summed E-state index contributed by atoms with van der Waals surface area (Å²) in [5.74, 6) is -0.0872. The third-order valence-electron chi connectivity index (χ3n) is 5.98. The molecule has 2 aliphatic rings. The topological polar surface area (TPSA) is 79.4 Å². The molecule has 1 amide bonds. The Bertz CT molecular complexity index is 968. The lowest BCUT2D eigenvalue weighted by molar-refractivity contribution is -0.123. The molecule has 4 rings (SSSR count). The Labute approximate surface area is 170 Å². The average molecular weight is 418 g/mol. The van der Waals surface area contributed by atoms with Gasteiger partial charge in [0.2, 0.25) is 15.9 Å². The smallest absolute Gasteiger partial charge is 0.244 e. The van der Waals surface area contributed by atoms with Crippen LogP contribution < -0.4 is 5.32 Å². The first-order valence-corrected chi connectivity index (χ1v) is 11.3. The molecule has 2 fully saturated rings. The molecular formula is C21H24FN3O3S. The van der Waals surface area contributed by atoms with E-state index in [1.165, 1.54) is 22.6 Å². The molecule has 29 heavy (non-hydrogen) atoms. The Morgan fingerprint density at radius 2 is 1.86 bits per heavy atom. The quantitative estimate of drug-likeness (QED) is 0.783. The second-order valence-electron chi connectivity index (χ2n) is 7.84. The van der Waals surface area contributed by atoms with Crippen molar-refractivity contribution in [2.45, 2.75) is 36.0 Å². The van der Waals surface area contributed by atoms with Crippen molar-refractivity contribution in [3.63, 3.8) is 0 Å². The van der Waals surface area contributed by atoms with Crippen LogP contribution in [-0.4, -0.2) is 43.2 Å². The highest BCUT2D eigenvalue weighted by atomic mass is 32.2. The Morgan fingerprint density at radius 1 is 1.17 bits per heavy atom. The molecule has 8 heteroatoms. The number of carbonyl (C=O) groups is 1. The van der Waals surface area contributed by atoms with Crippen LogP contribution in [0.1, 0.15) is 31.2 Å². The number of sulfonamides is 1. The van der Waals surface area contributed by atoms with Gasteiger partial charge in [-0.3, -0.25) is 9.78 Å². The number of aromatic nitrogens is 1. The second-order valence-corrected chi connectivity index (χ2v) is 9.77. The first-order chi connectivity index (χ1) is 13.9. The van der Waals surface area contributed by atoms with Crippen LogP contribution in [0.25, 0.3) is 0 Å². The number of amides is 1.